The van der Waals surface area contributed by atoms with Gasteiger partial charge in [-0.3, -0.25) is 0 Å². The summed E-state index contributed by atoms with van der Waals surface area (Å²) in [7, 11) is 0. The Morgan fingerprint density at radius 3 is 1.70 bits per heavy atom. The van der Waals surface area contributed by atoms with Gasteiger partial charge in [0.05, 0.1) is 13.2 Å². The van der Waals surface area contributed by atoms with Crippen molar-refractivity contribution >= 4 is 0 Å². The lowest BCUT2D eigenvalue weighted by Crippen LogP contribution is -2.29. The van der Waals surface area contributed by atoms with Crippen LogP contribution in [0.2, 0.25) is 0 Å². The van der Waals surface area contributed by atoms with E-state index in [-0.39, 0.29) is 6.10 Å². The van der Waals surface area contributed by atoms with E-state index < -0.39 is 5.79 Å². The molecule has 0 N–H and O–H groups in total. The molecule has 0 saturated carbocycles. The minimum atomic E-state index is -0.406. The number of unbranched alkanes of at least 4 members (excludes halogenated alkanes) is 15. The fourth-order valence-corrected chi connectivity index (χ4v) is 4.59. The van der Waals surface area contributed by atoms with Crippen LogP contribution in [0.1, 0.15) is 137 Å². The van der Waals surface area contributed by atoms with E-state index in [1.54, 1.807) is 0 Å². The summed E-state index contributed by atoms with van der Waals surface area (Å²) in [5.74, 6) is 0.177. The van der Waals surface area contributed by atoms with Crippen LogP contribution in [-0.2, 0) is 14.2 Å². The van der Waals surface area contributed by atoms with Gasteiger partial charge in [-0.05, 0) is 19.3 Å². The fraction of sp³-hybridized carbons (Fsp3) is 1.00. The lowest BCUT2D eigenvalue weighted by atomic mass is 10.0. The zero-order valence-electron chi connectivity index (χ0n) is 21.0. The molecule has 0 aromatic carbocycles. The maximum atomic E-state index is 6.05. The molecule has 0 aromatic heterocycles. The van der Waals surface area contributed by atoms with E-state index in [0.29, 0.717) is 19.1 Å². The summed E-state index contributed by atoms with van der Waals surface area (Å²) in [6.07, 6.45) is 23.5. The van der Waals surface area contributed by atoms with Crippen LogP contribution < -0.4 is 0 Å². The highest BCUT2D eigenvalue weighted by atomic mass is 16.7. The van der Waals surface area contributed by atoms with E-state index in [2.05, 4.69) is 27.7 Å². The van der Waals surface area contributed by atoms with Gasteiger partial charge in [-0.2, -0.15) is 0 Å². The monoisotopic (exact) mass is 426 g/mol. The average Bonchev–Trinajstić information content (AvgIpc) is 3.06. The smallest absolute Gasteiger partial charge is 0.166 e. The molecule has 0 radical (unpaired) electrons. The van der Waals surface area contributed by atoms with Crippen molar-refractivity contribution < 1.29 is 14.2 Å². The maximum Gasteiger partial charge on any atom is 0.166 e. The molecule has 0 bridgehead atoms. The molecule has 180 valence electrons. The van der Waals surface area contributed by atoms with E-state index in [4.69, 9.17) is 14.2 Å². The molecule has 1 saturated heterocycles. The lowest BCUT2D eigenvalue weighted by molar-refractivity contribution is -0.169. The van der Waals surface area contributed by atoms with Crippen LogP contribution in [0.4, 0.5) is 0 Å². The molecular formula is C27H54O3. The third-order valence-corrected chi connectivity index (χ3v) is 6.22. The molecule has 1 fully saturated rings. The molecule has 0 aromatic rings. The summed E-state index contributed by atoms with van der Waals surface area (Å²) in [5, 5.41) is 0. The Balaban J connectivity index is 1.75. The van der Waals surface area contributed by atoms with E-state index in [9.17, 15) is 0 Å². The minimum absolute atomic E-state index is 0.106. The summed E-state index contributed by atoms with van der Waals surface area (Å²) < 4.78 is 17.7. The van der Waals surface area contributed by atoms with E-state index in [1.165, 1.54) is 103 Å². The van der Waals surface area contributed by atoms with Crippen molar-refractivity contribution in [3.05, 3.63) is 0 Å². The van der Waals surface area contributed by atoms with Gasteiger partial charge in [-0.1, -0.05) is 117 Å². The van der Waals surface area contributed by atoms with Crippen LogP contribution in [0.15, 0.2) is 0 Å². The van der Waals surface area contributed by atoms with Gasteiger partial charge >= 0.3 is 0 Å². The first-order valence-corrected chi connectivity index (χ1v) is 13.5. The van der Waals surface area contributed by atoms with Crippen molar-refractivity contribution in [2.24, 2.45) is 5.92 Å². The Bertz CT molecular complexity index is 371. The summed E-state index contributed by atoms with van der Waals surface area (Å²) in [5.41, 5.74) is 0. The third-order valence-electron chi connectivity index (χ3n) is 6.22. The van der Waals surface area contributed by atoms with Gasteiger partial charge < -0.3 is 14.2 Å². The van der Waals surface area contributed by atoms with Gasteiger partial charge in [0.2, 0.25) is 0 Å². The van der Waals surface area contributed by atoms with E-state index in [0.717, 1.165) is 13.0 Å². The van der Waals surface area contributed by atoms with Crippen molar-refractivity contribution in [2.45, 2.75) is 149 Å². The number of hydrogen-bond acceptors (Lipinski definition) is 3. The zero-order valence-corrected chi connectivity index (χ0v) is 21.0. The van der Waals surface area contributed by atoms with Crippen molar-refractivity contribution in [1.29, 1.82) is 0 Å². The van der Waals surface area contributed by atoms with Crippen molar-refractivity contribution in [3.8, 4) is 0 Å². The normalized spacial score (nSPS) is 21.7. The summed E-state index contributed by atoms with van der Waals surface area (Å²) in [6, 6.07) is 0. The molecule has 2 unspecified atom stereocenters. The van der Waals surface area contributed by atoms with Crippen LogP contribution >= 0.6 is 0 Å². The largest absolute Gasteiger partial charge is 0.379 e. The molecular weight excluding hydrogens is 372 g/mol. The summed E-state index contributed by atoms with van der Waals surface area (Å²) in [6.45, 7) is 11.0. The van der Waals surface area contributed by atoms with Gasteiger partial charge in [0.25, 0.3) is 0 Å². The van der Waals surface area contributed by atoms with Gasteiger partial charge in [-0.15, -0.1) is 0 Å². The summed E-state index contributed by atoms with van der Waals surface area (Å²) in [4.78, 5) is 0. The maximum absolute atomic E-state index is 6.05. The van der Waals surface area contributed by atoms with E-state index >= 15 is 0 Å². The van der Waals surface area contributed by atoms with Gasteiger partial charge in [0, 0.05) is 13.0 Å². The number of rotatable bonds is 21. The Morgan fingerprint density at radius 2 is 1.23 bits per heavy atom. The highest BCUT2D eigenvalue weighted by molar-refractivity contribution is 4.76. The summed E-state index contributed by atoms with van der Waals surface area (Å²) >= 11 is 0. The number of hydrogen-bond donors (Lipinski definition) is 0. The molecule has 0 aliphatic carbocycles. The Kier molecular flexibility index (Phi) is 17.2. The molecule has 2 atom stereocenters. The molecule has 0 amide bonds. The molecule has 3 nitrogen and oxygen atoms in total. The Morgan fingerprint density at radius 1 is 0.767 bits per heavy atom. The quantitative estimate of drug-likeness (QED) is 0.172. The van der Waals surface area contributed by atoms with Gasteiger partial charge in [0.15, 0.2) is 5.79 Å². The van der Waals surface area contributed by atoms with Gasteiger partial charge in [-0.25, -0.2) is 0 Å². The SMILES string of the molecule is CCCCCCCCCCCCCCCCCCOCC1COC(C)(CC(C)C)O1. The highest BCUT2D eigenvalue weighted by Gasteiger charge is 2.37. The molecule has 0 spiro atoms. The Labute approximate surface area is 189 Å². The lowest BCUT2D eigenvalue weighted by Gasteiger charge is -2.25. The second-order valence-electron chi connectivity index (χ2n) is 10.2. The van der Waals surface area contributed by atoms with E-state index in [1.807, 2.05) is 0 Å². The second-order valence-corrected chi connectivity index (χ2v) is 10.2. The van der Waals surface area contributed by atoms with Crippen LogP contribution in [0.25, 0.3) is 0 Å². The molecule has 30 heavy (non-hydrogen) atoms. The minimum Gasteiger partial charge on any atom is -0.379 e. The Hall–Kier alpha value is -0.120. The third kappa shape index (κ3) is 15.6. The average molecular weight is 427 g/mol. The predicted octanol–water partition coefficient (Wildman–Crippen LogP) is 8.44. The predicted molar refractivity (Wildman–Crippen MR) is 129 cm³/mol. The first kappa shape index (κ1) is 27.9. The van der Waals surface area contributed by atoms with Gasteiger partial charge in [0.1, 0.15) is 6.10 Å². The van der Waals surface area contributed by atoms with Crippen LogP contribution in [0.5, 0.6) is 0 Å². The first-order chi connectivity index (χ1) is 14.6. The molecule has 1 rings (SSSR count). The van der Waals surface area contributed by atoms with Crippen LogP contribution in [-0.4, -0.2) is 31.7 Å². The molecule has 1 aliphatic rings. The topological polar surface area (TPSA) is 27.7 Å². The molecule has 1 heterocycles. The first-order valence-electron chi connectivity index (χ1n) is 13.5. The van der Waals surface area contributed by atoms with Crippen LogP contribution in [0.3, 0.4) is 0 Å². The fourth-order valence-electron chi connectivity index (χ4n) is 4.59. The van der Waals surface area contributed by atoms with Crippen molar-refractivity contribution in [1.82, 2.24) is 0 Å². The van der Waals surface area contributed by atoms with Crippen molar-refractivity contribution in [2.75, 3.05) is 19.8 Å². The molecule has 1 aliphatic heterocycles. The standard InChI is InChI=1S/C27H54O3/c1-5-6-7-8-9-10-11-12-13-14-15-16-17-18-19-20-21-28-23-26-24-29-27(4,30-26)22-25(2)3/h25-26H,5-24H2,1-4H3. The van der Waals surface area contributed by atoms with Crippen LogP contribution in [0, 0.1) is 5.92 Å². The van der Waals surface area contributed by atoms with Crippen molar-refractivity contribution in [3.63, 3.8) is 0 Å². The highest BCUT2D eigenvalue weighted by Crippen LogP contribution is 2.29. The molecule has 3 heteroatoms. The zero-order chi connectivity index (χ0) is 21.9. The second kappa shape index (κ2) is 18.5. The number of ether oxygens (including phenoxy) is 3.